The van der Waals surface area contributed by atoms with Gasteiger partial charge in [0.25, 0.3) is 0 Å². The van der Waals surface area contributed by atoms with Crippen molar-refractivity contribution in [3.05, 3.63) is 64.3 Å². The molecular formula is C18H13Cl3N2O2. The zero-order valence-electron chi connectivity index (χ0n) is 12.9. The third-order valence-corrected chi connectivity index (χ3v) is 4.35. The highest BCUT2D eigenvalue weighted by molar-refractivity contribution is 6.39. The Morgan fingerprint density at radius 3 is 2.72 bits per heavy atom. The number of anilines is 1. The summed E-state index contributed by atoms with van der Waals surface area (Å²) >= 11 is 18.1. The van der Waals surface area contributed by atoms with E-state index in [0.717, 1.165) is 5.56 Å². The molecule has 0 radical (unpaired) electrons. The maximum absolute atomic E-state index is 12.3. The molecule has 128 valence electrons. The molecule has 0 fully saturated rings. The summed E-state index contributed by atoms with van der Waals surface area (Å²) in [4.78, 5) is 16.6. The number of nitrogens with one attached hydrogen (secondary N) is 1. The highest BCUT2D eigenvalue weighted by Crippen LogP contribution is 2.37. The van der Waals surface area contributed by atoms with E-state index in [-0.39, 0.29) is 10.8 Å². The van der Waals surface area contributed by atoms with Gasteiger partial charge in [0.2, 0.25) is 0 Å². The van der Waals surface area contributed by atoms with Crippen molar-refractivity contribution in [1.29, 1.82) is 0 Å². The normalized spacial score (nSPS) is 10.7. The topological polar surface area (TPSA) is 51.2 Å². The number of carbonyl (C=O) groups is 1. The number of nitrogens with zero attached hydrogens (tertiary/aromatic N) is 1. The van der Waals surface area contributed by atoms with Crippen molar-refractivity contribution >= 4 is 57.5 Å². The van der Waals surface area contributed by atoms with Gasteiger partial charge in [-0.3, -0.25) is 10.3 Å². The zero-order valence-corrected chi connectivity index (χ0v) is 15.2. The molecule has 0 unspecified atom stereocenters. The van der Waals surface area contributed by atoms with Gasteiger partial charge in [0, 0.05) is 23.2 Å². The van der Waals surface area contributed by atoms with E-state index in [2.05, 4.69) is 10.3 Å². The monoisotopic (exact) mass is 394 g/mol. The molecule has 0 aliphatic rings. The van der Waals surface area contributed by atoms with E-state index in [1.54, 1.807) is 24.4 Å². The van der Waals surface area contributed by atoms with Crippen LogP contribution in [-0.4, -0.2) is 17.0 Å². The van der Waals surface area contributed by atoms with Crippen LogP contribution in [0.15, 0.2) is 48.7 Å². The van der Waals surface area contributed by atoms with Crippen molar-refractivity contribution in [1.82, 2.24) is 4.98 Å². The molecule has 0 saturated carbocycles. The van der Waals surface area contributed by atoms with Crippen LogP contribution in [0.4, 0.5) is 10.5 Å². The fourth-order valence-electron chi connectivity index (χ4n) is 2.43. The maximum Gasteiger partial charge on any atom is 0.417 e. The third-order valence-electron chi connectivity index (χ3n) is 3.56. The first kappa shape index (κ1) is 17.8. The smallest absolute Gasteiger partial charge is 0.406 e. The van der Waals surface area contributed by atoms with Crippen LogP contribution in [0.3, 0.4) is 0 Å². The van der Waals surface area contributed by atoms with Crippen molar-refractivity contribution in [2.75, 3.05) is 11.2 Å². The highest BCUT2D eigenvalue weighted by Gasteiger charge is 2.16. The summed E-state index contributed by atoms with van der Waals surface area (Å²) in [6.07, 6.45) is 1.54. The van der Waals surface area contributed by atoms with Gasteiger partial charge in [0.15, 0.2) is 5.75 Å². The minimum Gasteiger partial charge on any atom is -0.406 e. The number of hydrogen-bond donors (Lipinski definition) is 1. The Balaban J connectivity index is 1.88. The fraction of sp³-hybridized carbons (Fsp3) is 0.111. The van der Waals surface area contributed by atoms with E-state index in [1.807, 2.05) is 18.2 Å². The van der Waals surface area contributed by atoms with Gasteiger partial charge in [-0.1, -0.05) is 41.4 Å². The van der Waals surface area contributed by atoms with Crippen molar-refractivity contribution in [2.24, 2.45) is 0 Å². The van der Waals surface area contributed by atoms with Crippen LogP contribution in [0, 0.1) is 0 Å². The van der Waals surface area contributed by atoms with Gasteiger partial charge in [-0.25, -0.2) is 4.79 Å². The van der Waals surface area contributed by atoms with E-state index >= 15 is 0 Å². The fourth-order valence-corrected chi connectivity index (χ4v) is 3.19. The van der Waals surface area contributed by atoms with Crippen molar-refractivity contribution in [2.45, 2.75) is 6.42 Å². The lowest BCUT2D eigenvalue weighted by atomic mass is 10.1. The van der Waals surface area contributed by atoms with Crippen LogP contribution in [0.1, 0.15) is 5.56 Å². The van der Waals surface area contributed by atoms with Gasteiger partial charge in [-0.2, -0.15) is 0 Å². The number of carbonyl (C=O) groups excluding carboxylic acids is 1. The molecule has 0 spiro atoms. The Morgan fingerprint density at radius 2 is 1.92 bits per heavy atom. The van der Waals surface area contributed by atoms with Crippen LogP contribution in [0.5, 0.6) is 5.75 Å². The first-order valence-corrected chi connectivity index (χ1v) is 8.74. The summed E-state index contributed by atoms with van der Waals surface area (Å²) in [6, 6.07) is 12.4. The van der Waals surface area contributed by atoms with Gasteiger partial charge >= 0.3 is 6.09 Å². The molecule has 0 bridgehead atoms. The molecule has 0 aliphatic heterocycles. The van der Waals surface area contributed by atoms with Gasteiger partial charge in [0.1, 0.15) is 5.52 Å². The summed E-state index contributed by atoms with van der Waals surface area (Å²) in [5.41, 5.74) is 1.97. The number of aromatic nitrogens is 1. The van der Waals surface area contributed by atoms with Crippen LogP contribution in [-0.2, 0) is 6.42 Å². The van der Waals surface area contributed by atoms with E-state index in [4.69, 9.17) is 39.5 Å². The first-order chi connectivity index (χ1) is 12.1. The average molecular weight is 396 g/mol. The highest BCUT2D eigenvalue weighted by atomic mass is 35.5. The molecule has 1 aromatic heterocycles. The minimum absolute atomic E-state index is 0.161. The molecule has 4 nitrogen and oxygen atoms in total. The van der Waals surface area contributed by atoms with Crippen LogP contribution < -0.4 is 10.1 Å². The molecular weight excluding hydrogens is 383 g/mol. The van der Waals surface area contributed by atoms with Crippen LogP contribution in [0.2, 0.25) is 10.0 Å². The predicted molar refractivity (Wildman–Crippen MR) is 102 cm³/mol. The number of fused-ring (bicyclic) bond motifs is 1. The Hall–Kier alpha value is -2.01. The van der Waals surface area contributed by atoms with Gasteiger partial charge in [0.05, 0.1) is 10.0 Å². The number of para-hydroxylation sites is 1. The van der Waals surface area contributed by atoms with Gasteiger partial charge < -0.3 is 4.74 Å². The summed E-state index contributed by atoms with van der Waals surface area (Å²) in [5.74, 6) is 0.611. The van der Waals surface area contributed by atoms with E-state index in [1.165, 1.54) is 6.07 Å². The molecule has 2 aromatic carbocycles. The lowest BCUT2D eigenvalue weighted by Crippen LogP contribution is -2.18. The number of aryl methyl sites for hydroxylation is 1. The second-order valence-electron chi connectivity index (χ2n) is 5.18. The van der Waals surface area contributed by atoms with Crippen LogP contribution >= 0.6 is 34.8 Å². The largest absolute Gasteiger partial charge is 0.417 e. The maximum atomic E-state index is 12.3. The van der Waals surface area contributed by atoms with E-state index in [0.29, 0.717) is 33.9 Å². The average Bonchev–Trinajstić information content (AvgIpc) is 2.60. The van der Waals surface area contributed by atoms with Crippen molar-refractivity contribution in [3.8, 4) is 5.75 Å². The number of hydrogen-bond acceptors (Lipinski definition) is 3. The van der Waals surface area contributed by atoms with Gasteiger partial charge in [-0.05, 0) is 36.2 Å². The molecule has 1 N–H and O–H groups in total. The van der Waals surface area contributed by atoms with E-state index < -0.39 is 6.09 Å². The number of ether oxygens (including phenoxy) is 1. The van der Waals surface area contributed by atoms with E-state index in [9.17, 15) is 4.79 Å². The van der Waals surface area contributed by atoms with Crippen molar-refractivity contribution < 1.29 is 9.53 Å². The summed E-state index contributed by atoms with van der Waals surface area (Å²) in [7, 11) is 0. The number of alkyl halides is 1. The molecule has 0 saturated heterocycles. The SMILES string of the molecule is O=C(Nc1ccccc1CCCl)Oc1c(Cl)cc(Cl)c2cccnc12. The zero-order chi connectivity index (χ0) is 17.8. The Morgan fingerprint density at radius 1 is 1.12 bits per heavy atom. The quantitative estimate of drug-likeness (QED) is 0.557. The number of rotatable bonds is 4. The number of benzene rings is 2. The molecule has 7 heteroatoms. The molecule has 25 heavy (non-hydrogen) atoms. The lowest BCUT2D eigenvalue weighted by Gasteiger charge is -2.13. The third kappa shape index (κ3) is 3.98. The molecule has 1 amide bonds. The Bertz CT molecular complexity index is 931. The molecule has 3 rings (SSSR count). The minimum atomic E-state index is -0.668. The number of amides is 1. The number of halogens is 3. The van der Waals surface area contributed by atoms with Crippen molar-refractivity contribution in [3.63, 3.8) is 0 Å². The number of pyridine rings is 1. The second kappa shape index (κ2) is 7.91. The summed E-state index contributed by atoms with van der Waals surface area (Å²) in [5, 5.41) is 4.01. The second-order valence-corrected chi connectivity index (χ2v) is 6.37. The summed E-state index contributed by atoms with van der Waals surface area (Å²) < 4.78 is 5.41. The Labute approximate surface area is 159 Å². The van der Waals surface area contributed by atoms with Crippen LogP contribution in [0.25, 0.3) is 10.9 Å². The molecule has 3 aromatic rings. The summed E-state index contributed by atoms with van der Waals surface area (Å²) in [6.45, 7) is 0. The lowest BCUT2D eigenvalue weighted by molar-refractivity contribution is 0.215. The molecule has 0 atom stereocenters. The first-order valence-electron chi connectivity index (χ1n) is 7.45. The standard InChI is InChI=1S/C18H13Cl3N2O2/c19-8-7-11-4-1-2-6-15(11)23-18(24)25-17-14(21)10-13(20)12-5-3-9-22-16(12)17/h1-6,9-10H,7-8H2,(H,23,24). The van der Waals surface area contributed by atoms with Gasteiger partial charge in [-0.15, -0.1) is 11.6 Å². The predicted octanol–water partition coefficient (Wildman–Crippen LogP) is 5.93. The molecule has 1 heterocycles. The Kier molecular flexibility index (Phi) is 5.63. The molecule has 0 aliphatic carbocycles.